The molecule has 0 aromatic carbocycles. The number of amides is 2. The van der Waals surface area contributed by atoms with Gasteiger partial charge in [-0.2, -0.15) is 0 Å². The lowest BCUT2D eigenvalue weighted by Crippen LogP contribution is -2.38. The molecule has 0 aromatic rings. The van der Waals surface area contributed by atoms with Crippen molar-refractivity contribution in [3.63, 3.8) is 0 Å². The van der Waals surface area contributed by atoms with Crippen LogP contribution in [0.5, 0.6) is 0 Å². The average molecular weight is 268 g/mol. The van der Waals surface area contributed by atoms with E-state index < -0.39 is 5.60 Å². The Kier molecular flexibility index (Phi) is 5.39. The minimum atomic E-state index is -0.507. The molecule has 0 saturated carbocycles. The Bertz CT molecular complexity index is 358. The van der Waals surface area contributed by atoms with Crippen LogP contribution in [-0.2, 0) is 9.53 Å². The lowest BCUT2D eigenvalue weighted by Gasteiger charge is -2.26. The van der Waals surface area contributed by atoms with Gasteiger partial charge in [0.25, 0.3) is 0 Å². The zero-order valence-electron chi connectivity index (χ0n) is 12.3. The highest BCUT2D eigenvalue weighted by Crippen LogP contribution is 2.10. The van der Waals surface area contributed by atoms with Gasteiger partial charge < -0.3 is 14.5 Å². The van der Waals surface area contributed by atoms with Crippen molar-refractivity contribution >= 4 is 12.0 Å². The van der Waals surface area contributed by atoms with Crippen LogP contribution in [0.2, 0.25) is 0 Å². The smallest absolute Gasteiger partial charge is 0.410 e. The van der Waals surface area contributed by atoms with Crippen molar-refractivity contribution in [2.45, 2.75) is 39.2 Å². The molecule has 108 valence electrons. The third-order valence-corrected chi connectivity index (χ3v) is 2.78. The Balaban J connectivity index is 2.33. The van der Waals surface area contributed by atoms with Crippen molar-refractivity contribution in [3.05, 3.63) is 12.2 Å². The highest BCUT2D eigenvalue weighted by Gasteiger charge is 2.21. The molecule has 0 aromatic heterocycles. The summed E-state index contributed by atoms with van der Waals surface area (Å²) in [7, 11) is 1.65. The molecule has 0 radical (unpaired) electrons. The van der Waals surface area contributed by atoms with Gasteiger partial charge in [0, 0.05) is 33.1 Å². The quantitative estimate of drug-likeness (QED) is 0.736. The molecular weight excluding hydrogens is 244 g/mol. The summed E-state index contributed by atoms with van der Waals surface area (Å²) in [5.41, 5.74) is -0.507. The van der Waals surface area contributed by atoms with E-state index in [0.29, 0.717) is 19.5 Å². The third kappa shape index (κ3) is 5.77. The standard InChI is InChI=1S/C14H24N2O3/c1-14(2,3)19-13(18)15(4)11-8-12(17)16-9-6-5-7-10-16/h5-6H,7-11H2,1-4H3. The van der Waals surface area contributed by atoms with Gasteiger partial charge in [0.2, 0.25) is 5.91 Å². The Morgan fingerprint density at radius 3 is 2.53 bits per heavy atom. The van der Waals surface area contributed by atoms with Crippen LogP contribution in [0, 0.1) is 0 Å². The average Bonchev–Trinajstić information content (AvgIpc) is 2.34. The van der Waals surface area contributed by atoms with Gasteiger partial charge in [-0.15, -0.1) is 0 Å². The van der Waals surface area contributed by atoms with Crippen LogP contribution in [-0.4, -0.2) is 54.1 Å². The van der Waals surface area contributed by atoms with Crippen LogP contribution in [0.3, 0.4) is 0 Å². The molecule has 0 bridgehead atoms. The van der Waals surface area contributed by atoms with Crippen LogP contribution >= 0.6 is 0 Å². The molecule has 2 amide bonds. The lowest BCUT2D eigenvalue weighted by molar-refractivity contribution is -0.131. The van der Waals surface area contributed by atoms with Crippen molar-refractivity contribution < 1.29 is 14.3 Å². The lowest BCUT2D eigenvalue weighted by atomic mass is 10.2. The summed E-state index contributed by atoms with van der Waals surface area (Å²) in [6.07, 6.45) is 4.94. The van der Waals surface area contributed by atoms with Gasteiger partial charge in [0.15, 0.2) is 0 Å². The van der Waals surface area contributed by atoms with E-state index in [1.807, 2.05) is 31.7 Å². The second kappa shape index (κ2) is 6.59. The number of carbonyl (C=O) groups excluding carboxylic acids is 2. The number of hydrogen-bond acceptors (Lipinski definition) is 3. The first-order chi connectivity index (χ1) is 8.79. The normalized spacial score (nSPS) is 15.3. The summed E-state index contributed by atoms with van der Waals surface area (Å²) in [6.45, 7) is 7.30. The molecule has 1 rings (SSSR count). The van der Waals surface area contributed by atoms with Gasteiger partial charge in [-0.25, -0.2) is 4.79 Å². The molecule has 5 nitrogen and oxygen atoms in total. The van der Waals surface area contributed by atoms with Crippen molar-refractivity contribution in [1.29, 1.82) is 0 Å². The number of ether oxygens (including phenoxy) is 1. The topological polar surface area (TPSA) is 49.9 Å². The molecule has 0 atom stereocenters. The van der Waals surface area contributed by atoms with E-state index in [1.165, 1.54) is 4.90 Å². The maximum Gasteiger partial charge on any atom is 0.410 e. The molecule has 0 saturated heterocycles. The predicted octanol–water partition coefficient (Wildman–Crippen LogP) is 2.03. The van der Waals surface area contributed by atoms with Gasteiger partial charge in [-0.3, -0.25) is 4.79 Å². The zero-order valence-corrected chi connectivity index (χ0v) is 12.3. The van der Waals surface area contributed by atoms with Gasteiger partial charge in [0.1, 0.15) is 5.60 Å². The van der Waals surface area contributed by atoms with Crippen molar-refractivity contribution in [2.24, 2.45) is 0 Å². The van der Waals surface area contributed by atoms with Crippen LogP contribution < -0.4 is 0 Å². The molecular formula is C14H24N2O3. The Morgan fingerprint density at radius 1 is 1.32 bits per heavy atom. The zero-order chi connectivity index (χ0) is 14.5. The van der Waals surface area contributed by atoms with Gasteiger partial charge in [0.05, 0.1) is 0 Å². The Morgan fingerprint density at radius 2 is 2.00 bits per heavy atom. The largest absolute Gasteiger partial charge is 0.444 e. The van der Waals surface area contributed by atoms with E-state index >= 15 is 0 Å². The van der Waals surface area contributed by atoms with E-state index in [9.17, 15) is 9.59 Å². The first-order valence-corrected chi connectivity index (χ1v) is 6.66. The summed E-state index contributed by atoms with van der Waals surface area (Å²) < 4.78 is 5.23. The minimum absolute atomic E-state index is 0.0831. The molecule has 5 heteroatoms. The van der Waals surface area contributed by atoms with Crippen molar-refractivity contribution in [1.82, 2.24) is 9.80 Å². The van der Waals surface area contributed by atoms with E-state index in [-0.39, 0.29) is 12.0 Å². The maximum absolute atomic E-state index is 11.9. The highest BCUT2D eigenvalue weighted by molar-refractivity contribution is 5.77. The Hall–Kier alpha value is -1.52. The van der Waals surface area contributed by atoms with E-state index in [4.69, 9.17) is 4.74 Å². The fourth-order valence-corrected chi connectivity index (χ4v) is 1.72. The summed E-state index contributed by atoms with van der Waals surface area (Å²) >= 11 is 0. The first-order valence-electron chi connectivity index (χ1n) is 6.66. The molecule has 0 N–H and O–H groups in total. The molecule has 0 fully saturated rings. The number of carbonyl (C=O) groups is 2. The molecule has 0 spiro atoms. The molecule has 0 unspecified atom stereocenters. The maximum atomic E-state index is 11.9. The molecule has 1 aliphatic heterocycles. The molecule has 1 aliphatic rings. The Labute approximate surface area is 115 Å². The van der Waals surface area contributed by atoms with Crippen molar-refractivity contribution in [2.75, 3.05) is 26.7 Å². The van der Waals surface area contributed by atoms with Crippen LogP contribution in [0.4, 0.5) is 4.79 Å². The molecule has 0 aliphatic carbocycles. The van der Waals surface area contributed by atoms with Crippen LogP contribution in [0.15, 0.2) is 12.2 Å². The van der Waals surface area contributed by atoms with Crippen LogP contribution in [0.1, 0.15) is 33.6 Å². The second-order valence-electron chi connectivity index (χ2n) is 5.75. The van der Waals surface area contributed by atoms with E-state index in [2.05, 4.69) is 6.08 Å². The molecule has 1 heterocycles. The number of nitrogens with zero attached hydrogens (tertiary/aromatic N) is 2. The number of hydrogen-bond donors (Lipinski definition) is 0. The summed E-state index contributed by atoms with van der Waals surface area (Å²) in [5.74, 6) is 0.0831. The summed E-state index contributed by atoms with van der Waals surface area (Å²) in [4.78, 5) is 26.9. The minimum Gasteiger partial charge on any atom is -0.444 e. The highest BCUT2D eigenvalue weighted by atomic mass is 16.6. The summed E-state index contributed by atoms with van der Waals surface area (Å²) in [6, 6.07) is 0. The van der Waals surface area contributed by atoms with E-state index in [1.54, 1.807) is 7.05 Å². The first kappa shape index (κ1) is 15.5. The summed E-state index contributed by atoms with van der Waals surface area (Å²) in [5, 5.41) is 0. The fourth-order valence-electron chi connectivity index (χ4n) is 1.72. The fraction of sp³-hybridized carbons (Fsp3) is 0.714. The third-order valence-electron chi connectivity index (χ3n) is 2.78. The van der Waals surface area contributed by atoms with Crippen molar-refractivity contribution in [3.8, 4) is 0 Å². The second-order valence-corrected chi connectivity index (χ2v) is 5.75. The van der Waals surface area contributed by atoms with Gasteiger partial charge in [-0.1, -0.05) is 12.2 Å². The monoisotopic (exact) mass is 268 g/mol. The number of rotatable bonds is 3. The SMILES string of the molecule is CN(CCC(=O)N1CC=CCC1)C(=O)OC(C)(C)C. The van der Waals surface area contributed by atoms with Crippen LogP contribution in [0.25, 0.3) is 0 Å². The predicted molar refractivity (Wildman–Crippen MR) is 73.8 cm³/mol. The van der Waals surface area contributed by atoms with Gasteiger partial charge >= 0.3 is 6.09 Å². The van der Waals surface area contributed by atoms with E-state index in [0.717, 1.165) is 13.0 Å². The van der Waals surface area contributed by atoms with Gasteiger partial charge in [-0.05, 0) is 27.2 Å². The molecule has 19 heavy (non-hydrogen) atoms.